The summed E-state index contributed by atoms with van der Waals surface area (Å²) in [6, 6.07) is 10.7. The van der Waals surface area contributed by atoms with Gasteiger partial charge >= 0.3 is 17.6 Å². The predicted molar refractivity (Wildman–Crippen MR) is 124 cm³/mol. The Balaban J connectivity index is 2.56. The molecule has 0 bridgehead atoms. The van der Waals surface area contributed by atoms with Gasteiger partial charge in [-0.2, -0.15) is 13.7 Å². The van der Waals surface area contributed by atoms with Gasteiger partial charge in [-0.1, -0.05) is 30.3 Å². The van der Waals surface area contributed by atoms with E-state index < -0.39 is 72.0 Å². The zero-order valence-corrected chi connectivity index (χ0v) is 19.9. The van der Waals surface area contributed by atoms with E-state index in [-0.39, 0.29) is 5.57 Å². The lowest BCUT2D eigenvalue weighted by Gasteiger charge is -2.36. The molecule has 1 aliphatic heterocycles. The molecule has 1 heterocycles. The van der Waals surface area contributed by atoms with Crippen LogP contribution in [-0.4, -0.2) is 49.2 Å². The van der Waals surface area contributed by atoms with Gasteiger partial charge in [0, 0.05) is 6.07 Å². The number of nitro groups is 1. The summed E-state index contributed by atoms with van der Waals surface area (Å²) in [7, 11) is -3.16. The largest absolute Gasteiger partial charge is 0.501 e. The first kappa shape index (κ1) is 26.7. The molecule has 0 spiro atoms. The molecule has 0 saturated heterocycles. The maximum Gasteiger partial charge on any atom is 0.355 e. The Hall–Kier alpha value is -4.94. The Kier molecular flexibility index (Phi) is 7.18. The van der Waals surface area contributed by atoms with Crippen LogP contribution in [0.25, 0.3) is 0 Å². The highest BCUT2D eigenvalue weighted by Crippen LogP contribution is 2.47. The van der Waals surface area contributed by atoms with Gasteiger partial charge in [-0.3, -0.25) is 19.6 Å². The summed E-state index contributed by atoms with van der Waals surface area (Å²) in [5, 5.41) is 32.2. The van der Waals surface area contributed by atoms with Gasteiger partial charge in [0.05, 0.1) is 48.0 Å². The SMILES string of the molecule is COC(=O)C1=C(C(=O)OC)N(c2cc(S(=O)(=O)O)cc([N+](=O)[O-])c2O)C(N)=C(C#N)C1c1ccccc1. The van der Waals surface area contributed by atoms with E-state index in [1.165, 1.54) is 12.1 Å². The Labute approximate surface area is 209 Å². The van der Waals surface area contributed by atoms with Gasteiger partial charge in [0.25, 0.3) is 10.1 Å². The average Bonchev–Trinajstić information content (AvgIpc) is 2.86. The number of nitrogens with zero attached hydrogens (tertiary/aromatic N) is 3. The van der Waals surface area contributed by atoms with Crippen LogP contribution < -0.4 is 10.6 Å². The molecular weight excluding hydrogens is 512 g/mol. The molecule has 37 heavy (non-hydrogen) atoms. The number of methoxy groups -OCH3 is 2. The van der Waals surface area contributed by atoms with Crippen molar-refractivity contribution in [2.24, 2.45) is 5.73 Å². The molecule has 14 nitrogen and oxygen atoms in total. The number of hydrogen-bond acceptors (Lipinski definition) is 12. The maximum atomic E-state index is 13.0. The zero-order valence-electron chi connectivity index (χ0n) is 19.1. The summed E-state index contributed by atoms with van der Waals surface area (Å²) in [6.07, 6.45) is 0. The van der Waals surface area contributed by atoms with Gasteiger partial charge in [-0.25, -0.2) is 9.59 Å². The van der Waals surface area contributed by atoms with E-state index in [1.54, 1.807) is 18.2 Å². The Bertz CT molecular complexity index is 1520. The third kappa shape index (κ3) is 4.66. The third-order valence-corrected chi connectivity index (χ3v) is 6.22. The van der Waals surface area contributed by atoms with E-state index in [0.717, 1.165) is 14.2 Å². The molecule has 2 aromatic rings. The van der Waals surface area contributed by atoms with Gasteiger partial charge in [0.15, 0.2) is 0 Å². The van der Waals surface area contributed by atoms with Crippen molar-refractivity contribution in [1.82, 2.24) is 0 Å². The molecule has 15 heteroatoms. The third-order valence-electron chi connectivity index (χ3n) is 5.39. The quantitative estimate of drug-likeness (QED) is 0.208. The lowest BCUT2D eigenvalue weighted by atomic mass is 9.81. The fraction of sp³-hybridized carbons (Fsp3) is 0.136. The first-order valence-corrected chi connectivity index (χ1v) is 11.5. The first-order chi connectivity index (χ1) is 17.4. The van der Waals surface area contributed by atoms with Gasteiger partial charge in [-0.05, 0) is 11.6 Å². The summed E-state index contributed by atoms with van der Waals surface area (Å²) in [4.78, 5) is 36.0. The van der Waals surface area contributed by atoms with Crippen molar-refractivity contribution in [3.63, 3.8) is 0 Å². The van der Waals surface area contributed by atoms with E-state index in [9.17, 15) is 43.0 Å². The summed E-state index contributed by atoms with van der Waals surface area (Å²) in [6.45, 7) is 0. The van der Waals surface area contributed by atoms with Crippen LogP contribution in [0.4, 0.5) is 11.4 Å². The van der Waals surface area contributed by atoms with Crippen LogP contribution in [0.3, 0.4) is 0 Å². The second-order valence-corrected chi connectivity index (χ2v) is 8.80. The van der Waals surface area contributed by atoms with Crippen molar-refractivity contribution >= 4 is 33.4 Å². The molecule has 0 fully saturated rings. The lowest BCUT2D eigenvalue weighted by Crippen LogP contribution is -2.40. The van der Waals surface area contributed by atoms with Crippen molar-refractivity contribution in [2.75, 3.05) is 19.1 Å². The molecule has 0 aliphatic carbocycles. The number of hydrogen-bond donors (Lipinski definition) is 3. The molecule has 1 unspecified atom stereocenters. The monoisotopic (exact) mass is 530 g/mol. The molecule has 4 N–H and O–H groups in total. The normalized spacial score (nSPS) is 15.7. The zero-order chi connectivity index (χ0) is 27.7. The summed E-state index contributed by atoms with van der Waals surface area (Å²) < 4.78 is 42.9. The Morgan fingerprint density at radius 2 is 1.76 bits per heavy atom. The van der Waals surface area contributed by atoms with Gasteiger partial charge in [-0.15, -0.1) is 0 Å². The highest BCUT2D eigenvalue weighted by molar-refractivity contribution is 7.85. The standard InChI is InChI=1S/C22H18N4O10S/c1-35-21(28)17-16(11-6-4-3-5-7-11)13(10-23)20(24)25(18(17)22(29)36-2)14-8-12(37(32,33)34)9-15(19(14)27)26(30)31/h3-9,16,27H,24H2,1-2H3,(H,32,33,34). The van der Waals surface area contributed by atoms with Crippen LogP contribution in [0.15, 0.2) is 70.0 Å². The molecule has 0 saturated carbocycles. The highest BCUT2D eigenvalue weighted by Gasteiger charge is 2.44. The molecular formula is C22H18N4O10S. The van der Waals surface area contributed by atoms with Gasteiger partial charge < -0.3 is 20.3 Å². The van der Waals surface area contributed by atoms with Gasteiger partial charge in [0.2, 0.25) is 5.75 Å². The number of carbonyl (C=O) groups is 2. The molecule has 1 aliphatic rings. The second-order valence-electron chi connectivity index (χ2n) is 7.38. The highest BCUT2D eigenvalue weighted by atomic mass is 32.2. The molecule has 3 rings (SSSR count). The van der Waals surface area contributed by atoms with Crippen LogP contribution in [-0.2, 0) is 29.2 Å². The molecule has 2 aromatic carbocycles. The van der Waals surface area contributed by atoms with E-state index in [4.69, 9.17) is 15.2 Å². The molecule has 0 aromatic heterocycles. The minimum Gasteiger partial charge on any atom is -0.501 e. The van der Waals surface area contributed by atoms with Crippen molar-refractivity contribution in [2.45, 2.75) is 10.8 Å². The van der Waals surface area contributed by atoms with E-state index in [0.29, 0.717) is 22.6 Å². The predicted octanol–water partition coefficient (Wildman–Crippen LogP) is 1.44. The lowest BCUT2D eigenvalue weighted by molar-refractivity contribution is -0.386. The average molecular weight is 530 g/mol. The Morgan fingerprint density at radius 1 is 1.16 bits per heavy atom. The number of allylic oxidation sites excluding steroid dienone is 1. The summed E-state index contributed by atoms with van der Waals surface area (Å²) in [5.41, 5.74) is 2.98. The van der Waals surface area contributed by atoms with E-state index >= 15 is 0 Å². The van der Waals surface area contributed by atoms with Gasteiger partial charge in [0.1, 0.15) is 16.4 Å². The molecule has 0 amide bonds. The smallest absolute Gasteiger partial charge is 0.355 e. The Morgan fingerprint density at radius 3 is 2.24 bits per heavy atom. The fourth-order valence-corrected chi connectivity index (χ4v) is 4.32. The van der Waals surface area contributed by atoms with E-state index in [1.807, 2.05) is 6.07 Å². The van der Waals surface area contributed by atoms with Crippen LogP contribution in [0.1, 0.15) is 11.5 Å². The fourth-order valence-electron chi connectivity index (χ4n) is 3.80. The second kappa shape index (κ2) is 9.97. The number of nitriles is 1. The van der Waals surface area contributed by atoms with Crippen LogP contribution in [0.5, 0.6) is 5.75 Å². The van der Waals surface area contributed by atoms with Crippen molar-refractivity contribution in [3.8, 4) is 11.8 Å². The number of rotatable bonds is 6. The van der Waals surface area contributed by atoms with Crippen molar-refractivity contribution < 1.29 is 42.1 Å². The summed E-state index contributed by atoms with van der Waals surface area (Å²) in [5.74, 6) is -5.45. The van der Waals surface area contributed by atoms with E-state index in [2.05, 4.69) is 0 Å². The summed E-state index contributed by atoms with van der Waals surface area (Å²) >= 11 is 0. The van der Waals surface area contributed by atoms with Crippen molar-refractivity contribution in [1.29, 1.82) is 5.26 Å². The topological polar surface area (TPSA) is 223 Å². The molecule has 0 radical (unpaired) electrons. The number of esters is 2. The minimum atomic E-state index is -5.09. The number of carbonyl (C=O) groups excluding carboxylic acids is 2. The first-order valence-electron chi connectivity index (χ1n) is 10.0. The number of ether oxygens (including phenoxy) is 2. The number of nitro benzene ring substituents is 1. The number of aromatic hydroxyl groups is 1. The van der Waals surface area contributed by atoms with Crippen LogP contribution in [0.2, 0.25) is 0 Å². The number of anilines is 1. The van der Waals surface area contributed by atoms with Crippen LogP contribution >= 0.6 is 0 Å². The number of phenolic OH excluding ortho intramolecular Hbond substituents is 1. The minimum absolute atomic E-state index is 0.324. The van der Waals surface area contributed by atoms with Crippen molar-refractivity contribution in [3.05, 3.63) is 80.8 Å². The maximum absolute atomic E-state index is 13.0. The number of nitrogens with two attached hydrogens (primary N) is 1. The van der Waals surface area contributed by atoms with Crippen LogP contribution in [0, 0.1) is 21.4 Å². The number of benzene rings is 2. The number of phenols is 1. The molecule has 1 atom stereocenters. The molecule has 192 valence electrons.